The Morgan fingerprint density at radius 2 is 2.04 bits per heavy atom. The minimum atomic E-state index is -1.12. The first-order valence-corrected chi connectivity index (χ1v) is 9.02. The molecule has 0 aliphatic rings. The molecule has 8 heteroatoms. The number of hydrogen-bond acceptors (Lipinski definition) is 4. The average molecular weight is 450 g/mol. The Morgan fingerprint density at radius 1 is 1.26 bits per heavy atom. The molecule has 0 amide bonds. The van der Waals surface area contributed by atoms with E-state index in [9.17, 15) is 9.59 Å². The van der Waals surface area contributed by atoms with E-state index in [2.05, 4.69) is 21.0 Å². The minimum Gasteiger partial charge on any atom is -0.481 e. The van der Waals surface area contributed by atoms with Crippen molar-refractivity contribution >= 4 is 39.3 Å². The fourth-order valence-corrected chi connectivity index (χ4v) is 3.14. The van der Waals surface area contributed by atoms with E-state index in [0.717, 1.165) is 11.3 Å². The van der Waals surface area contributed by atoms with Gasteiger partial charge in [0, 0.05) is 15.7 Å². The number of nitrogens with zero attached hydrogens (tertiary/aromatic N) is 2. The van der Waals surface area contributed by atoms with Crippen molar-refractivity contribution in [2.75, 3.05) is 6.61 Å². The summed E-state index contributed by atoms with van der Waals surface area (Å²) in [4.78, 5) is 23.7. The van der Waals surface area contributed by atoms with Gasteiger partial charge in [0.2, 0.25) is 0 Å². The molecule has 138 valence electrons. The van der Waals surface area contributed by atoms with Crippen molar-refractivity contribution in [2.24, 2.45) is 0 Å². The minimum absolute atomic E-state index is 0.195. The average Bonchev–Trinajstić information content (AvgIpc) is 3.09. The molecule has 3 aromatic rings. The van der Waals surface area contributed by atoms with Crippen molar-refractivity contribution in [3.8, 4) is 11.4 Å². The molecule has 1 N–H and O–H groups in total. The zero-order valence-corrected chi connectivity index (χ0v) is 16.5. The smallest absolute Gasteiger partial charge is 0.341 e. The van der Waals surface area contributed by atoms with E-state index in [1.54, 1.807) is 35.1 Å². The fourth-order valence-electron chi connectivity index (χ4n) is 2.55. The zero-order chi connectivity index (χ0) is 19.6. The number of carboxylic acid groups (broad SMARTS) is 1. The van der Waals surface area contributed by atoms with Crippen LogP contribution in [0.25, 0.3) is 5.69 Å². The van der Waals surface area contributed by atoms with Crippen LogP contribution in [0.4, 0.5) is 0 Å². The Bertz CT molecular complexity index is 1030. The van der Waals surface area contributed by atoms with Crippen LogP contribution >= 0.6 is 27.5 Å². The number of hydrogen-bond donors (Lipinski definition) is 1. The molecule has 0 saturated heterocycles. The number of rotatable bonds is 6. The SMILES string of the molecule is Cc1cc(Cl)ccc1-n1cc(C(=O)c2cc(Br)ccc2OCC(=O)O)cn1. The molecule has 0 fully saturated rings. The second-order valence-electron chi connectivity index (χ2n) is 5.76. The Kier molecular flexibility index (Phi) is 5.62. The highest BCUT2D eigenvalue weighted by atomic mass is 79.9. The summed E-state index contributed by atoms with van der Waals surface area (Å²) in [6.07, 6.45) is 3.07. The standard InChI is InChI=1S/C19H14BrClN2O4/c1-11-6-14(21)3-4-16(11)23-9-12(8-22-23)19(26)15-7-13(20)2-5-17(15)27-10-18(24)25/h2-9H,10H2,1H3,(H,24,25). The predicted molar refractivity (Wildman–Crippen MR) is 104 cm³/mol. The number of aliphatic carboxylic acids is 1. The highest BCUT2D eigenvalue weighted by Gasteiger charge is 2.18. The largest absolute Gasteiger partial charge is 0.481 e. The van der Waals surface area contributed by atoms with Crippen LogP contribution in [0.15, 0.2) is 53.3 Å². The van der Waals surface area contributed by atoms with Gasteiger partial charge in [-0.25, -0.2) is 9.48 Å². The van der Waals surface area contributed by atoms with Crippen molar-refractivity contribution in [2.45, 2.75) is 6.92 Å². The molecular weight excluding hydrogens is 436 g/mol. The summed E-state index contributed by atoms with van der Waals surface area (Å²) in [5.74, 6) is -1.25. The van der Waals surface area contributed by atoms with Crippen molar-refractivity contribution in [3.63, 3.8) is 0 Å². The lowest BCUT2D eigenvalue weighted by Gasteiger charge is -2.09. The number of ketones is 1. The molecule has 6 nitrogen and oxygen atoms in total. The van der Waals surface area contributed by atoms with Gasteiger partial charge >= 0.3 is 5.97 Å². The van der Waals surface area contributed by atoms with Gasteiger partial charge in [0.25, 0.3) is 0 Å². The maximum absolute atomic E-state index is 12.9. The van der Waals surface area contributed by atoms with E-state index < -0.39 is 12.6 Å². The monoisotopic (exact) mass is 448 g/mol. The molecule has 0 aliphatic carbocycles. The van der Waals surface area contributed by atoms with Crippen molar-refractivity contribution < 1.29 is 19.4 Å². The van der Waals surface area contributed by atoms with Crippen molar-refractivity contribution in [1.29, 1.82) is 0 Å². The molecule has 0 radical (unpaired) electrons. The summed E-state index contributed by atoms with van der Waals surface area (Å²) in [7, 11) is 0. The number of carbonyl (C=O) groups is 2. The summed E-state index contributed by atoms with van der Waals surface area (Å²) >= 11 is 9.30. The highest BCUT2D eigenvalue weighted by Crippen LogP contribution is 2.26. The van der Waals surface area contributed by atoms with Crippen LogP contribution in [0, 0.1) is 6.92 Å². The Balaban J connectivity index is 1.94. The number of carboxylic acids is 1. The predicted octanol–water partition coefficient (Wildman–Crippen LogP) is 4.29. The van der Waals surface area contributed by atoms with Gasteiger partial charge in [0.15, 0.2) is 12.4 Å². The van der Waals surface area contributed by atoms with Gasteiger partial charge in [-0.2, -0.15) is 5.10 Å². The molecule has 0 bridgehead atoms. The lowest BCUT2D eigenvalue weighted by molar-refractivity contribution is -0.139. The van der Waals surface area contributed by atoms with Crippen LogP contribution in [0.2, 0.25) is 5.02 Å². The van der Waals surface area contributed by atoms with Crippen LogP contribution in [0.3, 0.4) is 0 Å². The van der Waals surface area contributed by atoms with E-state index in [0.29, 0.717) is 15.1 Å². The fraction of sp³-hybridized carbons (Fsp3) is 0.105. The molecule has 1 aromatic heterocycles. The van der Waals surface area contributed by atoms with Gasteiger partial charge in [-0.15, -0.1) is 0 Å². The summed E-state index contributed by atoms with van der Waals surface area (Å²) in [6.45, 7) is 1.36. The summed E-state index contributed by atoms with van der Waals surface area (Å²) < 4.78 is 7.50. The molecule has 27 heavy (non-hydrogen) atoms. The first-order valence-electron chi connectivity index (χ1n) is 7.85. The van der Waals surface area contributed by atoms with Crippen molar-refractivity contribution in [3.05, 3.63) is 75.0 Å². The first kappa shape index (κ1) is 19.1. The Hall–Kier alpha value is -2.64. The molecule has 0 spiro atoms. The van der Waals surface area contributed by atoms with E-state index in [1.165, 1.54) is 6.20 Å². The summed E-state index contributed by atoms with van der Waals surface area (Å²) in [5.41, 5.74) is 2.31. The first-order chi connectivity index (χ1) is 12.8. The van der Waals surface area contributed by atoms with E-state index in [1.807, 2.05) is 19.1 Å². The number of ether oxygens (including phenoxy) is 1. The van der Waals surface area contributed by atoms with E-state index >= 15 is 0 Å². The van der Waals surface area contributed by atoms with Crippen LogP contribution in [-0.4, -0.2) is 33.2 Å². The normalized spacial score (nSPS) is 10.6. The molecule has 0 unspecified atom stereocenters. The van der Waals surface area contributed by atoms with Crippen LogP contribution in [-0.2, 0) is 4.79 Å². The molecule has 3 rings (SSSR count). The number of benzene rings is 2. The van der Waals surface area contributed by atoms with Gasteiger partial charge in [0.1, 0.15) is 5.75 Å². The molecule has 2 aromatic carbocycles. The van der Waals surface area contributed by atoms with E-state index in [4.69, 9.17) is 21.4 Å². The highest BCUT2D eigenvalue weighted by molar-refractivity contribution is 9.10. The third-order valence-electron chi connectivity index (χ3n) is 3.79. The Morgan fingerprint density at radius 3 is 2.74 bits per heavy atom. The number of carbonyl (C=O) groups excluding carboxylic acids is 1. The van der Waals surface area contributed by atoms with Gasteiger partial charge in [-0.1, -0.05) is 27.5 Å². The number of halogens is 2. The summed E-state index contributed by atoms with van der Waals surface area (Å²) in [6, 6.07) is 10.2. The molecule has 1 heterocycles. The third-order valence-corrected chi connectivity index (χ3v) is 4.52. The van der Waals surface area contributed by atoms with E-state index in [-0.39, 0.29) is 17.1 Å². The molecular formula is C19H14BrClN2O4. The van der Waals surface area contributed by atoms with Gasteiger partial charge < -0.3 is 9.84 Å². The van der Waals surface area contributed by atoms with Crippen LogP contribution in [0.1, 0.15) is 21.5 Å². The Labute approximate surface area is 168 Å². The zero-order valence-electron chi connectivity index (χ0n) is 14.1. The second kappa shape index (κ2) is 7.94. The molecule has 0 atom stereocenters. The van der Waals surface area contributed by atoms with Gasteiger partial charge in [-0.3, -0.25) is 4.79 Å². The molecule has 0 aliphatic heterocycles. The van der Waals surface area contributed by atoms with Crippen LogP contribution in [0.5, 0.6) is 5.75 Å². The maximum atomic E-state index is 12.9. The number of aromatic nitrogens is 2. The van der Waals surface area contributed by atoms with Gasteiger partial charge in [-0.05, 0) is 48.9 Å². The van der Waals surface area contributed by atoms with Crippen molar-refractivity contribution in [1.82, 2.24) is 9.78 Å². The number of aryl methyl sites for hydroxylation is 1. The topological polar surface area (TPSA) is 81.4 Å². The van der Waals surface area contributed by atoms with Crippen LogP contribution < -0.4 is 4.74 Å². The van der Waals surface area contributed by atoms with Gasteiger partial charge in [0.05, 0.1) is 23.0 Å². The maximum Gasteiger partial charge on any atom is 0.341 e. The third kappa shape index (κ3) is 4.37. The quantitative estimate of drug-likeness (QED) is 0.568. The molecule has 0 saturated carbocycles. The summed E-state index contributed by atoms with van der Waals surface area (Å²) in [5, 5.41) is 13.7. The lowest BCUT2D eigenvalue weighted by Crippen LogP contribution is -2.12. The second-order valence-corrected chi connectivity index (χ2v) is 7.11. The lowest BCUT2D eigenvalue weighted by atomic mass is 10.1.